The molecule has 0 rings (SSSR count). The lowest BCUT2D eigenvalue weighted by Gasteiger charge is -1.95. The summed E-state index contributed by atoms with van der Waals surface area (Å²) >= 11 is 0. The predicted molar refractivity (Wildman–Crippen MR) is 52.1 cm³/mol. The molecule has 0 bridgehead atoms. The van der Waals surface area contributed by atoms with Crippen molar-refractivity contribution in [2.75, 3.05) is 26.3 Å². The van der Waals surface area contributed by atoms with Gasteiger partial charge in [-0.25, -0.2) is 0 Å². The number of nitrogens with zero attached hydrogens (tertiary/aromatic N) is 1. The average molecular weight is 206 g/mol. The van der Waals surface area contributed by atoms with Gasteiger partial charge < -0.3 is 11.5 Å². The molecular weight excluding hydrogens is 186 g/mol. The van der Waals surface area contributed by atoms with Gasteiger partial charge >= 0.3 is 5.09 Å². The van der Waals surface area contributed by atoms with Gasteiger partial charge in [-0.3, -0.25) is 0 Å². The molecule has 0 amide bonds. The Hall–Kier alpha value is -0.880. The third-order valence-electron chi connectivity index (χ3n) is 1.59. The molecule has 0 aliphatic carbocycles. The van der Waals surface area contributed by atoms with Crippen LogP contribution in [-0.4, -0.2) is 31.4 Å². The number of rotatable bonds is 10. The number of hydrogen-bond acceptors (Lipinski definition) is 5. The van der Waals surface area contributed by atoms with Crippen molar-refractivity contribution < 1.29 is 14.8 Å². The molecule has 0 aromatic heterocycles. The van der Waals surface area contributed by atoms with Crippen molar-refractivity contribution >= 4 is 0 Å². The van der Waals surface area contributed by atoms with Crippen molar-refractivity contribution in [2.24, 2.45) is 11.5 Å². The summed E-state index contributed by atoms with van der Waals surface area (Å²) < 4.78 is 0. The first-order valence-electron chi connectivity index (χ1n) is 4.94. The fraction of sp³-hybridized carbons (Fsp3) is 1.00. The zero-order valence-electron chi connectivity index (χ0n) is 8.48. The van der Waals surface area contributed by atoms with Gasteiger partial charge in [0.05, 0.1) is 0 Å². The summed E-state index contributed by atoms with van der Waals surface area (Å²) in [5.41, 5.74) is 10.5. The summed E-state index contributed by atoms with van der Waals surface area (Å²) in [5.74, 6) is 0. The van der Waals surface area contributed by atoms with Crippen LogP contribution in [0.1, 0.15) is 25.7 Å². The summed E-state index contributed by atoms with van der Waals surface area (Å²) in [5, 5.41) is 0.160. The highest BCUT2D eigenvalue weighted by Crippen LogP contribution is 1.92. The van der Waals surface area contributed by atoms with E-state index in [1.807, 2.05) is 0 Å². The summed E-state index contributed by atoms with van der Waals surface area (Å²) in [7, 11) is 0. The molecule has 0 aliphatic heterocycles. The lowest BCUT2D eigenvalue weighted by molar-refractivity contribution is -0.981. The maximum Gasteiger partial charge on any atom is 0.477 e. The number of nitrogens with two attached hydrogens (primary N) is 2. The number of unbranched alkanes of at least 4 members (excludes halogenated alkanes) is 2. The van der Waals surface area contributed by atoms with Crippen LogP contribution < -0.4 is 11.5 Å². The van der Waals surface area contributed by atoms with Crippen LogP contribution in [0, 0.1) is 4.91 Å². The third-order valence-corrected chi connectivity index (χ3v) is 1.59. The fourth-order valence-corrected chi connectivity index (χ4v) is 0.808. The fourth-order valence-electron chi connectivity index (χ4n) is 0.808. The Morgan fingerprint density at radius 2 is 1.29 bits per heavy atom. The van der Waals surface area contributed by atoms with E-state index in [0.29, 0.717) is 26.3 Å². The van der Waals surface area contributed by atoms with E-state index in [1.54, 1.807) is 0 Å². The Balaban J connectivity index is 3.11. The van der Waals surface area contributed by atoms with Crippen molar-refractivity contribution in [3.8, 4) is 0 Å². The van der Waals surface area contributed by atoms with Crippen molar-refractivity contribution in [1.29, 1.82) is 0 Å². The highest BCUT2D eigenvalue weighted by molar-refractivity contribution is 4.36. The van der Waals surface area contributed by atoms with Gasteiger partial charge in [-0.05, 0) is 38.8 Å². The molecule has 0 fully saturated rings. The number of hydrogen-bond donors (Lipinski definition) is 2. The molecule has 0 unspecified atom stereocenters. The van der Waals surface area contributed by atoms with E-state index in [-0.39, 0.29) is 5.09 Å². The standard InChI is InChI=1S/C8H20N3O3/c9-5-1-3-7-13-11(12)14-8-4-2-6-10/h1-10H2/q+1. The van der Waals surface area contributed by atoms with E-state index in [1.165, 1.54) is 0 Å². The predicted octanol–water partition coefficient (Wildman–Crippen LogP) is 0.106. The van der Waals surface area contributed by atoms with Crippen LogP contribution in [0.15, 0.2) is 0 Å². The monoisotopic (exact) mass is 206 g/mol. The highest BCUT2D eigenvalue weighted by Gasteiger charge is 2.10. The van der Waals surface area contributed by atoms with Crippen LogP contribution >= 0.6 is 0 Å². The molecule has 4 N–H and O–H groups in total. The van der Waals surface area contributed by atoms with Crippen LogP contribution in [0.5, 0.6) is 0 Å². The van der Waals surface area contributed by atoms with Crippen molar-refractivity contribution in [3.05, 3.63) is 4.91 Å². The average Bonchev–Trinajstić information content (AvgIpc) is 2.19. The van der Waals surface area contributed by atoms with Gasteiger partial charge in [0, 0.05) is 0 Å². The first-order chi connectivity index (χ1) is 6.81. The molecule has 0 radical (unpaired) electrons. The van der Waals surface area contributed by atoms with Crippen LogP contribution in [0.3, 0.4) is 0 Å². The molecule has 14 heavy (non-hydrogen) atoms. The molecule has 0 spiro atoms. The zero-order chi connectivity index (χ0) is 10.6. The van der Waals surface area contributed by atoms with Gasteiger partial charge in [-0.15, -0.1) is 0 Å². The second-order valence-electron chi connectivity index (χ2n) is 2.88. The molecule has 84 valence electrons. The summed E-state index contributed by atoms with van der Waals surface area (Å²) in [6.45, 7) is 1.91. The second kappa shape index (κ2) is 10.2. The quantitative estimate of drug-likeness (QED) is 0.391. The van der Waals surface area contributed by atoms with Crippen molar-refractivity contribution in [3.63, 3.8) is 0 Å². The molecule has 0 aromatic rings. The normalized spacial score (nSPS) is 9.86. The second-order valence-corrected chi connectivity index (χ2v) is 2.88. The van der Waals surface area contributed by atoms with E-state index >= 15 is 0 Å². The van der Waals surface area contributed by atoms with E-state index < -0.39 is 0 Å². The van der Waals surface area contributed by atoms with Gasteiger partial charge in [0.15, 0.2) is 13.2 Å². The third kappa shape index (κ3) is 9.21. The van der Waals surface area contributed by atoms with Gasteiger partial charge in [0.2, 0.25) is 0 Å². The molecule has 0 saturated heterocycles. The van der Waals surface area contributed by atoms with E-state index in [2.05, 4.69) is 0 Å². The molecule has 6 heteroatoms. The highest BCUT2D eigenvalue weighted by atomic mass is 17.0. The molecule has 0 atom stereocenters. The topological polar surface area (TPSA) is 90.6 Å². The van der Waals surface area contributed by atoms with Gasteiger partial charge in [-0.1, -0.05) is 0 Å². The first-order valence-corrected chi connectivity index (χ1v) is 4.94. The Labute approximate surface area is 84.0 Å². The van der Waals surface area contributed by atoms with Gasteiger partial charge in [0.25, 0.3) is 0 Å². The largest absolute Gasteiger partial charge is 0.477 e. The summed E-state index contributed by atoms with van der Waals surface area (Å²) in [6, 6.07) is 0. The van der Waals surface area contributed by atoms with Crippen LogP contribution in [0.4, 0.5) is 0 Å². The van der Waals surface area contributed by atoms with Crippen molar-refractivity contribution in [2.45, 2.75) is 25.7 Å². The molecule has 0 heterocycles. The Morgan fingerprint density at radius 3 is 1.64 bits per heavy atom. The van der Waals surface area contributed by atoms with E-state index in [0.717, 1.165) is 25.7 Å². The maximum atomic E-state index is 10.8. The Morgan fingerprint density at radius 1 is 0.857 bits per heavy atom. The van der Waals surface area contributed by atoms with Crippen LogP contribution in [0.25, 0.3) is 0 Å². The van der Waals surface area contributed by atoms with E-state index in [4.69, 9.17) is 21.1 Å². The lowest BCUT2D eigenvalue weighted by Crippen LogP contribution is -2.13. The Bertz CT molecular complexity index is 130. The summed E-state index contributed by atoms with van der Waals surface area (Å²) in [4.78, 5) is 20.2. The summed E-state index contributed by atoms with van der Waals surface area (Å²) in [6.07, 6.45) is 3.23. The minimum Gasteiger partial charge on any atom is -0.330 e. The van der Waals surface area contributed by atoms with Gasteiger partial charge in [0.1, 0.15) is 4.91 Å². The van der Waals surface area contributed by atoms with Crippen LogP contribution in [-0.2, 0) is 9.68 Å². The lowest BCUT2D eigenvalue weighted by atomic mass is 10.3. The molecule has 0 aliphatic rings. The smallest absolute Gasteiger partial charge is 0.330 e. The minimum atomic E-state index is 0.160. The maximum absolute atomic E-state index is 10.8. The molecule has 0 aromatic carbocycles. The molecule has 0 saturated carbocycles. The van der Waals surface area contributed by atoms with Gasteiger partial charge in [-0.2, -0.15) is 9.68 Å². The SMILES string of the molecule is NCCCCO[N+](=O)OCCCCN. The zero-order valence-corrected chi connectivity index (χ0v) is 8.48. The molecular formula is C8H20N3O3+. The minimum absolute atomic E-state index is 0.160. The Kier molecular flexibility index (Phi) is 9.56. The van der Waals surface area contributed by atoms with Crippen LogP contribution in [0.2, 0.25) is 0 Å². The van der Waals surface area contributed by atoms with Crippen molar-refractivity contribution in [1.82, 2.24) is 0 Å². The first kappa shape index (κ1) is 13.1. The molecule has 6 nitrogen and oxygen atoms in total. The van der Waals surface area contributed by atoms with E-state index in [9.17, 15) is 4.91 Å².